The zero-order chi connectivity index (χ0) is 43.6. The molecular weight excluding hydrogens is 817 g/mol. The molecule has 0 fully saturated rings. The van der Waals surface area contributed by atoms with E-state index in [1.807, 2.05) is 40.7 Å². The number of benzene rings is 4. The largest absolute Gasteiger partial charge is 0.456 e. The average Bonchev–Trinajstić information content (AvgIpc) is 3.13. The van der Waals surface area contributed by atoms with Crippen LogP contribution in [0.25, 0.3) is 5.57 Å². The highest BCUT2D eigenvalue weighted by Gasteiger charge is 2.35. The van der Waals surface area contributed by atoms with Gasteiger partial charge >= 0.3 is 0 Å². The van der Waals surface area contributed by atoms with Gasteiger partial charge in [0.2, 0.25) is 0 Å². The van der Waals surface area contributed by atoms with Crippen molar-refractivity contribution in [1.29, 1.82) is 0 Å². The normalized spacial score (nSPS) is 16.5. The van der Waals surface area contributed by atoms with E-state index >= 15 is 0 Å². The molecule has 1 aliphatic carbocycles. The van der Waals surface area contributed by atoms with E-state index in [1.54, 1.807) is 70.2 Å². The fourth-order valence-electron chi connectivity index (χ4n) is 8.29. The van der Waals surface area contributed by atoms with Gasteiger partial charge in [0.1, 0.15) is 26.2 Å². The summed E-state index contributed by atoms with van der Waals surface area (Å²) >= 11 is 0. The maximum absolute atomic E-state index is 12.8. The predicted molar refractivity (Wildman–Crippen MR) is 231 cm³/mol. The van der Waals surface area contributed by atoms with Gasteiger partial charge in [0.25, 0.3) is 30.4 Å². The molecule has 1 heterocycles. The Balaban J connectivity index is 1.55. The molecule has 1 unspecified atom stereocenters. The molecule has 0 amide bonds. The van der Waals surface area contributed by atoms with Crippen LogP contribution in [0.2, 0.25) is 0 Å². The fourth-order valence-corrected chi connectivity index (χ4v) is 10.9. The summed E-state index contributed by atoms with van der Waals surface area (Å²) in [6, 6.07) is 11.2. The van der Waals surface area contributed by atoms with E-state index in [4.69, 9.17) is 4.74 Å². The lowest BCUT2D eigenvalue weighted by Crippen LogP contribution is -2.34. The smallest absolute Gasteiger partial charge is 0.295 e. The number of hydrogen-bond acceptors (Lipinski definition) is 11. The number of allylic oxidation sites excluding steroid dienone is 1. The summed E-state index contributed by atoms with van der Waals surface area (Å²) < 4.78 is 114. The van der Waals surface area contributed by atoms with Crippen LogP contribution in [0.4, 0.5) is 28.4 Å². The molecule has 4 aromatic carbocycles. The van der Waals surface area contributed by atoms with Crippen molar-refractivity contribution in [3.63, 3.8) is 0 Å². The van der Waals surface area contributed by atoms with Crippen molar-refractivity contribution in [3.05, 3.63) is 117 Å². The summed E-state index contributed by atoms with van der Waals surface area (Å²) in [6.07, 6.45) is 5.36. The van der Waals surface area contributed by atoms with Gasteiger partial charge in [0, 0.05) is 69.9 Å². The van der Waals surface area contributed by atoms with Crippen LogP contribution < -0.4 is 26.0 Å². The van der Waals surface area contributed by atoms with E-state index in [1.165, 1.54) is 12.1 Å². The summed E-state index contributed by atoms with van der Waals surface area (Å²) in [4.78, 5) is -0.764. The van der Waals surface area contributed by atoms with Gasteiger partial charge in [-0.1, -0.05) is 30.4 Å². The van der Waals surface area contributed by atoms with Crippen LogP contribution in [0.1, 0.15) is 65.3 Å². The second-order valence-electron chi connectivity index (χ2n) is 14.9. The van der Waals surface area contributed by atoms with Gasteiger partial charge < -0.3 is 26.0 Å². The van der Waals surface area contributed by atoms with Crippen molar-refractivity contribution in [2.75, 3.05) is 34.4 Å². The van der Waals surface area contributed by atoms with Crippen LogP contribution >= 0.6 is 0 Å². The van der Waals surface area contributed by atoms with E-state index in [-0.39, 0.29) is 26.0 Å². The van der Waals surface area contributed by atoms with Crippen LogP contribution in [0.3, 0.4) is 0 Å². The third kappa shape index (κ3) is 7.97. The summed E-state index contributed by atoms with van der Waals surface area (Å²) in [7, 11) is -14.0. The van der Waals surface area contributed by atoms with Gasteiger partial charge in [-0.15, -0.1) is 0 Å². The van der Waals surface area contributed by atoms with Gasteiger partial charge in [-0.3, -0.25) is 13.7 Å². The standard InChI is InChI=1S/C42H48N4O10S3/c1-10-43-36-22(3)38(26(7)40(24(36)5)58(50,51)52)45-28-16-17-29-32(20-28)56-33-21-42(9,19-18-30(33)35(29)31-14-12-13-15-34(31)57(47,48)49)46-39-23(4)37(44-11-2)25(6)41(27(39)8)59(53,54)55/h12-21,43-46H,10-11H2,1-9H3,(H,47,48,49)(H,50,51,52)(H,53,54,55). The molecule has 0 saturated carbocycles. The third-order valence-corrected chi connectivity index (χ3v) is 13.9. The first kappa shape index (κ1) is 43.4. The molecule has 1 aliphatic heterocycles. The van der Waals surface area contributed by atoms with E-state index in [9.17, 15) is 38.9 Å². The number of nitrogens with one attached hydrogen (secondary N) is 4. The molecule has 0 radical (unpaired) electrons. The van der Waals surface area contributed by atoms with Gasteiger partial charge in [0.05, 0.1) is 5.54 Å². The van der Waals surface area contributed by atoms with Crippen molar-refractivity contribution in [2.45, 2.75) is 82.5 Å². The molecule has 4 aromatic rings. The highest BCUT2D eigenvalue weighted by Crippen LogP contribution is 2.48. The molecule has 2 aliphatic rings. The number of fused-ring (bicyclic) bond motifs is 2. The first-order chi connectivity index (χ1) is 27.4. The van der Waals surface area contributed by atoms with Crippen molar-refractivity contribution in [2.24, 2.45) is 0 Å². The molecular formula is C42H48N4O10S3. The Labute approximate surface area is 345 Å². The molecule has 0 saturated heterocycles. The lowest BCUT2D eigenvalue weighted by atomic mass is 9.83. The summed E-state index contributed by atoms with van der Waals surface area (Å²) in [5.74, 6) is 0.598. The molecule has 314 valence electrons. The summed E-state index contributed by atoms with van der Waals surface area (Å²) in [5.41, 5.74) is 5.83. The molecule has 0 bridgehead atoms. The highest BCUT2D eigenvalue weighted by atomic mass is 32.2. The SMILES string of the molecule is CCNc1c(C)c(Nc2ccc3c(c2)OC2=CC(C)(Nc4c(C)c(NCC)c(C)c(S(=O)(=O)O)c4C)C=CC2=C3c2ccccc2S(=O)(=O)O)c(C)c(S(=O)(=O)O)c1C. The van der Waals surface area contributed by atoms with Crippen molar-refractivity contribution in [1.82, 2.24) is 0 Å². The maximum atomic E-state index is 12.8. The second-order valence-corrected chi connectivity index (χ2v) is 19.0. The van der Waals surface area contributed by atoms with Crippen molar-refractivity contribution >= 4 is 64.4 Å². The Kier molecular flexibility index (Phi) is 11.4. The predicted octanol–water partition coefficient (Wildman–Crippen LogP) is 8.40. The van der Waals surface area contributed by atoms with Crippen LogP contribution in [-0.4, -0.2) is 57.5 Å². The topological polar surface area (TPSA) is 220 Å². The van der Waals surface area contributed by atoms with Gasteiger partial charge in [0.15, 0.2) is 0 Å². The Morgan fingerprint density at radius 3 is 1.71 bits per heavy atom. The molecule has 7 N–H and O–H groups in total. The van der Waals surface area contributed by atoms with Crippen molar-refractivity contribution in [3.8, 4) is 5.75 Å². The maximum Gasteiger partial charge on any atom is 0.295 e. The Morgan fingerprint density at radius 2 is 1.17 bits per heavy atom. The number of ether oxygens (including phenoxy) is 1. The second kappa shape index (κ2) is 15.5. The summed E-state index contributed by atoms with van der Waals surface area (Å²) in [6.45, 7) is 16.7. The Morgan fingerprint density at radius 1 is 0.644 bits per heavy atom. The zero-order valence-electron chi connectivity index (χ0n) is 34.1. The molecule has 0 spiro atoms. The Bertz CT molecular complexity index is 2880. The van der Waals surface area contributed by atoms with Crippen LogP contribution in [0.5, 0.6) is 5.75 Å². The number of hydrogen-bond donors (Lipinski definition) is 7. The van der Waals surface area contributed by atoms with Crippen LogP contribution in [-0.2, 0) is 30.4 Å². The minimum absolute atomic E-state index is 0.207. The molecule has 6 rings (SSSR count). The van der Waals surface area contributed by atoms with Crippen LogP contribution in [0, 0.1) is 41.5 Å². The average molecular weight is 865 g/mol. The molecule has 17 heteroatoms. The van der Waals surface area contributed by atoms with Gasteiger partial charge in [-0.25, -0.2) is 0 Å². The van der Waals surface area contributed by atoms with E-state index in [0.717, 1.165) is 0 Å². The quantitative estimate of drug-likeness (QED) is 0.0665. The molecule has 14 nitrogen and oxygen atoms in total. The van der Waals surface area contributed by atoms with E-state index in [0.29, 0.717) is 97.4 Å². The minimum atomic E-state index is -4.71. The monoisotopic (exact) mass is 864 g/mol. The minimum Gasteiger partial charge on any atom is -0.456 e. The zero-order valence-corrected chi connectivity index (χ0v) is 36.6. The number of rotatable bonds is 12. The van der Waals surface area contributed by atoms with Gasteiger partial charge in [-0.05, 0) is 120 Å². The Hall–Kier alpha value is -5.17. The summed E-state index contributed by atoms with van der Waals surface area (Å²) in [5, 5.41) is 13.2. The first-order valence-electron chi connectivity index (χ1n) is 18.7. The van der Waals surface area contributed by atoms with E-state index < -0.39 is 35.9 Å². The fraction of sp³-hybridized carbons (Fsp3) is 0.286. The van der Waals surface area contributed by atoms with Crippen molar-refractivity contribution < 1.29 is 43.6 Å². The van der Waals surface area contributed by atoms with E-state index in [2.05, 4.69) is 21.3 Å². The van der Waals surface area contributed by atoms with Gasteiger partial charge in [-0.2, -0.15) is 25.3 Å². The van der Waals surface area contributed by atoms with Crippen LogP contribution in [0.15, 0.2) is 86.7 Å². The lowest BCUT2D eigenvalue weighted by Gasteiger charge is -2.35. The first-order valence-corrected chi connectivity index (χ1v) is 23.1. The highest BCUT2D eigenvalue weighted by molar-refractivity contribution is 7.86. The lowest BCUT2D eigenvalue weighted by molar-refractivity contribution is 0.424. The number of anilines is 5. The third-order valence-electron chi connectivity index (χ3n) is 10.7. The molecule has 59 heavy (non-hydrogen) atoms. The molecule has 0 aromatic heterocycles. The molecule has 1 atom stereocenters.